The Morgan fingerprint density at radius 3 is 2.14 bits per heavy atom. The first kappa shape index (κ1) is 21.8. The molecule has 0 bridgehead atoms. The Balaban J connectivity index is 2.05. The van der Waals surface area contributed by atoms with Crippen molar-refractivity contribution in [1.29, 1.82) is 0 Å². The molecule has 0 fully saturated rings. The van der Waals surface area contributed by atoms with E-state index in [0.717, 1.165) is 16.8 Å². The number of rotatable bonds is 8. The van der Waals surface area contributed by atoms with Gasteiger partial charge >= 0.3 is 0 Å². The van der Waals surface area contributed by atoms with E-state index < -0.39 is 0 Å². The lowest BCUT2D eigenvalue weighted by atomic mass is 10.0. The largest absolute Gasteiger partial charge is 0.493 e. The Bertz CT molecular complexity index is 800. The topological polar surface area (TPSA) is 50.8 Å². The van der Waals surface area contributed by atoms with E-state index in [2.05, 4.69) is 31.3 Å². The number of likely N-dealkylation sites (N-methyl/N-ethyl adjacent to an activating group) is 1. The molecule has 2 aromatic rings. The summed E-state index contributed by atoms with van der Waals surface area (Å²) in [4.78, 5) is 14.7. The van der Waals surface area contributed by atoms with E-state index in [1.54, 1.807) is 14.2 Å². The monoisotopic (exact) mass is 384 g/mol. The van der Waals surface area contributed by atoms with Crippen LogP contribution in [0.1, 0.15) is 43.4 Å². The van der Waals surface area contributed by atoms with Crippen molar-refractivity contribution in [3.63, 3.8) is 0 Å². The van der Waals surface area contributed by atoms with Gasteiger partial charge in [0.05, 0.1) is 20.3 Å². The Hall–Kier alpha value is -2.53. The summed E-state index contributed by atoms with van der Waals surface area (Å²) in [5, 5.41) is 3.00. The normalized spacial score (nSPS) is 12.2. The molecular weight excluding hydrogens is 352 g/mol. The van der Waals surface area contributed by atoms with Gasteiger partial charge in [0.15, 0.2) is 11.5 Å². The number of nitrogens with one attached hydrogen (secondary N) is 1. The molecule has 5 nitrogen and oxygen atoms in total. The smallest absolute Gasteiger partial charge is 0.241 e. The first-order valence-electron chi connectivity index (χ1n) is 9.59. The third kappa shape index (κ3) is 5.26. The highest BCUT2D eigenvalue weighted by atomic mass is 16.5. The van der Waals surface area contributed by atoms with Crippen LogP contribution in [0.15, 0.2) is 36.4 Å². The summed E-state index contributed by atoms with van der Waals surface area (Å²) < 4.78 is 10.8. The Kier molecular flexibility index (Phi) is 7.46. The second-order valence-corrected chi connectivity index (χ2v) is 7.49. The molecule has 1 atom stereocenters. The first-order valence-corrected chi connectivity index (χ1v) is 9.59. The van der Waals surface area contributed by atoms with Crippen molar-refractivity contribution in [3.8, 4) is 11.5 Å². The molecule has 1 N–H and O–H groups in total. The van der Waals surface area contributed by atoms with Gasteiger partial charge in [0.25, 0.3) is 0 Å². The van der Waals surface area contributed by atoms with Gasteiger partial charge in [0.2, 0.25) is 5.91 Å². The van der Waals surface area contributed by atoms with Gasteiger partial charge in [0.1, 0.15) is 0 Å². The van der Waals surface area contributed by atoms with Crippen LogP contribution in [0, 0.1) is 6.92 Å². The quantitative estimate of drug-likeness (QED) is 0.723. The number of carbonyl (C=O) groups is 1. The molecule has 2 aromatic carbocycles. The minimum absolute atomic E-state index is 0.0297. The Morgan fingerprint density at radius 1 is 1.04 bits per heavy atom. The number of ether oxygens (including phenoxy) is 2. The lowest BCUT2D eigenvalue weighted by Gasteiger charge is -2.25. The molecule has 0 aliphatic rings. The molecule has 0 unspecified atom stereocenters. The minimum Gasteiger partial charge on any atom is -0.493 e. The van der Waals surface area contributed by atoms with Crippen LogP contribution in [0.3, 0.4) is 0 Å². The van der Waals surface area contributed by atoms with Gasteiger partial charge < -0.3 is 14.8 Å². The average molecular weight is 385 g/mol. The lowest BCUT2D eigenvalue weighted by molar-refractivity contribution is -0.120. The fourth-order valence-corrected chi connectivity index (χ4v) is 3.00. The summed E-state index contributed by atoms with van der Waals surface area (Å²) in [6, 6.07) is 11.7. The molecule has 0 spiro atoms. The molecule has 5 heteroatoms. The maximum atomic E-state index is 12.7. The van der Waals surface area contributed by atoms with Crippen LogP contribution in [0.25, 0.3) is 0 Å². The predicted molar refractivity (Wildman–Crippen MR) is 114 cm³/mol. The first-order chi connectivity index (χ1) is 13.3. The van der Waals surface area contributed by atoms with Crippen molar-refractivity contribution < 1.29 is 14.3 Å². The predicted octanol–water partition coefficient (Wildman–Crippen LogP) is 4.59. The van der Waals surface area contributed by atoms with Gasteiger partial charge in [0, 0.05) is 12.2 Å². The highest BCUT2D eigenvalue weighted by molar-refractivity contribution is 5.94. The minimum atomic E-state index is -0.280. The number of hydrogen-bond donors (Lipinski definition) is 1. The van der Waals surface area contributed by atoms with Gasteiger partial charge in [-0.2, -0.15) is 0 Å². The van der Waals surface area contributed by atoms with Crippen molar-refractivity contribution in [1.82, 2.24) is 4.90 Å². The van der Waals surface area contributed by atoms with Crippen molar-refractivity contribution in [3.05, 3.63) is 53.1 Å². The third-order valence-electron chi connectivity index (χ3n) is 5.15. The van der Waals surface area contributed by atoms with Crippen LogP contribution >= 0.6 is 0 Å². The molecule has 0 aromatic heterocycles. The summed E-state index contributed by atoms with van der Waals surface area (Å²) in [7, 11) is 5.20. The molecular formula is C23H32N2O3. The zero-order valence-corrected chi connectivity index (χ0v) is 18.0. The standard InChI is InChI=1S/C23H32N2O3/c1-15(2)18-8-10-20(11-9-18)24-23(26)17(4)25(5)14-19-13-22(28-7)21(27-6)12-16(19)3/h8-13,15,17H,14H2,1-7H3,(H,24,26)/t17-/m1/s1. The second kappa shape index (κ2) is 9.60. The number of aryl methyl sites for hydroxylation is 1. The van der Waals surface area contributed by atoms with E-state index in [-0.39, 0.29) is 11.9 Å². The number of amides is 1. The lowest BCUT2D eigenvalue weighted by Crippen LogP contribution is -2.39. The number of anilines is 1. The van der Waals surface area contributed by atoms with Crippen molar-refractivity contribution >= 4 is 11.6 Å². The molecule has 152 valence electrons. The molecule has 0 heterocycles. The van der Waals surface area contributed by atoms with E-state index in [4.69, 9.17) is 9.47 Å². The number of benzene rings is 2. The Labute approximate surface area is 168 Å². The summed E-state index contributed by atoms with van der Waals surface area (Å²) in [6.45, 7) is 8.88. The van der Waals surface area contributed by atoms with E-state index >= 15 is 0 Å². The number of carbonyl (C=O) groups excluding carboxylic acids is 1. The van der Waals surface area contributed by atoms with Crippen molar-refractivity contribution in [2.24, 2.45) is 0 Å². The zero-order chi connectivity index (χ0) is 20.8. The van der Waals surface area contributed by atoms with Gasteiger partial charge in [-0.05, 0) is 67.8 Å². The van der Waals surface area contributed by atoms with Gasteiger partial charge in [-0.3, -0.25) is 9.69 Å². The number of methoxy groups -OCH3 is 2. The van der Waals surface area contributed by atoms with Crippen LogP contribution in [0.4, 0.5) is 5.69 Å². The maximum absolute atomic E-state index is 12.7. The molecule has 0 aliphatic heterocycles. The van der Waals surface area contributed by atoms with Crippen molar-refractivity contribution in [2.45, 2.75) is 46.2 Å². The van der Waals surface area contributed by atoms with E-state index in [1.807, 2.05) is 50.1 Å². The second-order valence-electron chi connectivity index (χ2n) is 7.49. The molecule has 2 rings (SSSR count). The molecule has 0 aliphatic carbocycles. The number of hydrogen-bond acceptors (Lipinski definition) is 4. The van der Waals surface area contributed by atoms with Gasteiger partial charge in [-0.25, -0.2) is 0 Å². The SMILES string of the molecule is COc1cc(C)c(CN(C)[C@H](C)C(=O)Nc2ccc(C(C)C)cc2)cc1OC. The summed E-state index contributed by atoms with van der Waals surface area (Å²) >= 11 is 0. The molecule has 0 saturated carbocycles. The van der Waals surface area contributed by atoms with Crippen molar-refractivity contribution in [2.75, 3.05) is 26.6 Å². The Morgan fingerprint density at radius 2 is 1.61 bits per heavy atom. The maximum Gasteiger partial charge on any atom is 0.241 e. The molecule has 0 radical (unpaired) electrons. The van der Waals surface area contributed by atoms with Crippen LogP contribution in [-0.2, 0) is 11.3 Å². The molecule has 28 heavy (non-hydrogen) atoms. The van der Waals surface area contributed by atoms with E-state index in [0.29, 0.717) is 24.0 Å². The van der Waals surface area contributed by atoms with E-state index in [1.165, 1.54) is 5.56 Å². The number of nitrogens with zero attached hydrogens (tertiary/aromatic N) is 1. The molecule has 1 amide bonds. The van der Waals surface area contributed by atoms with E-state index in [9.17, 15) is 4.79 Å². The van der Waals surface area contributed by atoms with Crippen LogP contribution in [0.2, 0.25) is 0 Å². The van der Waals surface area contributed by atoms with Crippen LogP contribution in [0.5, 0.6) is 11.5 Å². The van der Waals surface area contributed by atoms with Gasteiger partial charge in [-0.1, -0.05) is 26.0 Å². The summed E-state index contributed by atoms with van der Waals surface area (Å²) in [5.41, 5.74) is 4.27. The van der Waals surface area contributed by atoms with Gasteiger partial charge in [-0.15, -0.1) is 0 Å². The highest BCUT2D eigenvalue weighted by Crippen LogP contribution is 2.31. The molecule has 0 saturated heterocycles. The van der Waals surface area contributed by atoms with Crippen LogP contribution < -0.4 is 14.8 Å². The zero-order valence-electron chi connectivity index (χ0n) is 18.0. The van der Waals surface area contributed by atoms with Crippen LogP contribution in [-0.4, -0.2) is 38.1 Å². The fourth-order valence-electron chi connectivity index (χ4n) is 3.00. The fraction of sp³-hybridized carbons (Fsp3) is 0.435. The summed E-state index contributed by atoms with van der Waals surface area (Å²) in [6.07, 6.45) is 0. The third-order valence-corrected chi connectivity index (χ3v) is 5.15. The summed E-state index contributed by atoms with van der Waals surface area (Å²) in [5.74, 6) is 1.85. The highest BCUT2D eigenvalue weighted by Gasteiger charge is 2.20. The average Bonchev–Trinajstić information content (AvgIpc) is 2.68.